The van der Waals surface area contributed by atoms with E-state index in [4.69, 9.17) is 4.74 Å². The van der Waals surface area contributed by atoms with Crippen molar-refractivity contribution in [1.82, 2.24) is 0 Å². The van der Waals surface area contributed by atoms with Gasteiger partial charge in [0.15, 0.2) is 14.3 Å². The Morgan fingerprint density at radius 2 is 1.32 bits per heavy atom. The average molecular weight is 422 g/mol. The minimum Gasteiger partial charge on any atom is -0.489 e. The summed E-state index contributed by atoms with van der Waals surface area (Å²) in [6.07, 6.45) is 1.83. The quantitative estimate of drug-likeness (QED) is 0.220. The average Bonchev–Trinajstić information content (AvgIpc) is 2.84. The molecule has 1 heterocycles. The van der Waals surface area contributed by atoms with Gasteiger partial charge in [-0.15, -0.1) is 0 Å². The van der Waals surface area contributed by atoms with Crippen LogP contribution in [0.15, 0.2) is 108 Å². The normalized spacial score (nSPS) is 11.0. The summed E-state index contributed by atoms with van der Waals surface area (Å²) in [6, 6.07) is 32.3. The first-order chi connectivity index (χ1) is 15.2. The first kappa shape index (κ1) is 19.3. The van der Waals surface area contributed by atoms with Crippen molar-refractivity contribution in [3.05, 3.63) is 125 Å². The molecule has 150 valence electrons. The van der Waals surface area contributed by atoms with Gasteiger partial charge in [-0.2, -0.15) is 0 Å². The lowest BCUT2D eigenvalue weighted by atomic mass is 10.1. The van der Waals surface area contributed by atoms with Crippen LogP contribution < -0.4 is 10.2 Å². The Morgan fingerprint density at radius 3 is 1.90 bits per heavy atom. The van der Waals surface area contributed by atoms with Gasteiger partial charge in [-0.3, -0.25) is 4.79 Å². The first-order valence-corrected chi connectivity index (χ1v) is 11.4. The number of rotatable bonds is 5. The largest absolute Gasteiger partial charge is 0.489 e. The maximum absolute atomic E-state index is 13.0. The third kappa shape index (κ3) is 3.65. The molecule has 5 aromatic rings. The van der Waals surface area contributed by atoms with E-state index in [1.165, 1.54) is 4.90 Å². The molecule has 3 heteroatoms. The van der Waals surface area contributed by atoms with Crippen molar-refractivity contribution in [3.63, 3.8) is 0 Å². The maximum atomic E-state index is 13.0. The molecule has 0 radical (unpaired) electrons. The van der Waals surface area contributed by atoms with Crippen molar-refractivity contribution in [2.75, 3.05) is 0 Å². The zero-order valence-electron chi connectivity index (χ0n) is 17.0. The minimum atomic E-state index is -0.316. The monoisotopic (exact) mass is 421 g/mol. The molecule has 31 heavy (non-hydrogen) atoms. The summed E-state index contributed by atoms with van der Waals surface area (Å²) in [5.74, 6) is 0.829. The third-order valence-corrected chi connectivity index (χ3v) is 7.72. The second kappa shape index (κ2) is 8.21. The number of fused-ring (bicyclic) bond motifs is 2. The van der Waals surface area contributed by atoms with Crippen LogP contribution in [0.4, 0.5) is 0 Å². The Labute approximate surface area is 183 Å². The van der Waals surface area contributed by atoms with Crippen LogP contribution in [0.3, 0.4) is 0 Å². The molecular weight excluding hydrogens is 400 g/mol. The van der Waals surface area contributed by atoms with Crippen LogP contribution in [0.2, 0.25) is 0 Å². The summed E-state index contributed by atoms with van der Waals surface area (Å²) in [6.45, 7) is 4.30. The maximum Gasteiger partial charge on any atom is 0.203 e. The molecule has 4 aromatic carbocycles. The van der Waals surface area contributed by atoms with E-state index in [9.17, 15) is 4.79 Å². The van der Waals surface area contributed by atoms with Gasteiger partial charge in [0.05, 0.1) is 10.8 Å². The van der Waals surface area contributed by atoms with Gasteiger partial charge in [0.25, 0.3) is 0 Å². The minimum absolute atomic E-state index is 0.109. The molecule has 0 aliphatic rings. The predicted octanol–water partition coefficient (Wildman–Crippen LogP) is 7.31. The van der Waals surface area contributed by atoms with E-state index < -0.39 is 0 Å². The molecule has 0 saturated heterocycles. The summed E-state index contributed by atoms with van der Waals surface area (Å²) < 4.78 is 8.16. The van der Waals surface area contributed by atoms with Gasteiger partial charge in [0, 0.05) is 22.6 Å². The van der Waals surface area contributed by atoms with Crippen molar-refractivity contribution in [2.24, 2.45) is 0 Å². The summed E-state index contributed by atoms with van der Waals surface area (Å²) in [5.41, 5.74) is 2.32. The van der Waals surface area contributed by atoms with Gasteiger partial charge >= 0.3 is 0 Å². The molecule has 0 aliphatic carbocycles. The van der Waals surface area contributed by atoms with E-state index >= 15 is 0 Å². The highest BCUT2D eigenvalue weighted by molar-refractivity contribution is 7.49. The first-order valence-electron chi connectivity index (χ1n) is 10.2. The van der Waals surface area contributed by atoms with Crippen molar-refractivity contribution in [3.8, 4) is 10.6 Å². The molecule has 0 spiro atoms. The van der Waals surface area contributed by atoms with Gasteiger partial charge < -0.3 is 4.74 Å². The number of ether oxygens (including phenoxy) is 1. The lowest BCUT2D eigenvalue weighted by Crippen LogP contribution is -2.01. The molecule has 0 amide bonds. The zero-order valence-corrected chi connectivity index (χ0v) is 17.8. The Hall–Kier alpha value is -3.69. The molecule has 5 rings (SSSR count). The van der Waals surface area contributed by atoms with Crippen LogP contribution in [0.25, 0.3) is 31.1 Å². The Bertz CT molecular complexity index is 1390. The van der Waals surface area contributed by atoms with E-state index in [-0.39, 0.29) is 15.9 Å². The highest BCUT2D eigenvalue weighted by Gasteiger charge is 2.22. The van der Waals surface area contributed by atoms with Gasteiger partial charge in [-0.1, -0.05) is 61.2 Å². The SMILES string of the molecule is C=Cc1ccc(COc2ccc(-[s+]3c4ccccc4c(=O)c4ccccc43)cc2)cc1. The van der Waals surface area contributed by atoms with E-state index in [0.717, 1.165) is 37.0 Å². The van der Waals surface area contributed by atoms with Crippen molar-refractivity contribution < 1.29 is 4.74 Å². The number of benzene rings is 4. The van der Waals surface area contributed by atoms with Crippen molar-refractivity contribution >= 4 is 36.7 Å². The van der Waals surface area contributed by atoms with Crippen molar-refractivity contribution in [1.29, 1.82) is 0 Å². The fourth-order valence-corrected chi connectivity index (χ4v) is 6.11. The van der Waals surface area contributed by atoms with Gasteiger partial charge in [0.2, 0.25) is 5.43 Å². The van der Waals surface area contributed by atoms with E-state index in [1.54, 1.807) is 0 Å². The summed E-state index contributed by atoms with van der Waals surface area (Å²) >= 11 is 0. The third-order valence-electron chi connectivity index (χ3n) is 5.38. The van der Waals surface area contributed by atoms with Crippen LogP contribution in [-0.4, -0.2) is 0 Å². The fourth-order valence-electron chi connectivity index (χ4n) is 3.77. The van der Waals surface area contributed by atoms with E-state index in [2.05, 4.69) is 43.0 Å². The van der Waals surface area contributed by atoms with Crippen molar-refractivity contribution in [2.45, 2.75) is 6.61 Å². The fraction of sp³-hybridized carbons (Fsp3) is 0.0357. The molecule has 0 aliphatic heterocycles. The molecule has 0 bridgehead atoms. The zero-order chi connectivity index (χ0) is 21.2. The second-order valence-electron chi connectivity index (χ2n) is 7.33. The van der Waals surface area contributed by atoms with Crippen LogP contribution in [0.5, 0.6) is 5.75 Å². The molecule has 0 fully saturated rings. The Kier molecular flexibility index (Phi) is 5.11. The highest BCUT2D eigenvalue weighted by atomic mass is 32.2. The summed E-state index contributed by atoms with van der Waals surface area (Å²) in [4.78, 5) is 14.2. The standard InChI is InChI=1S/C28H21O2S/c1-2-20-11-13-21(14-12-20)19-30-22-15-17-23(18-16-22)31-26-9-5-3-7-24(26)28(29)25-8-4-6-10-27(25)31/h2-18H,1,19H2/q+1. The van der Waals surface area contributed by atoms with Crippen LogP contribution >= 0.6 is 10.5 Å². The summed E-state index contributed by atoms with van der Waals surface area (Å²) in [5, 5.41) is 1.60. The van der Waals surface area contributed by atoms with Gasteiger partial charge in [-0.05, 0) is 47.5 Å². The number of hydrogen-bond donors (Lipinski definition) is 0. The smallest absolute Gasteiger partial charge is 0.203 e. The van der Waals surface area contributed by atoms with Gasteiger partial charge in [0.1, 0.15) is 12.4 Å². The topological polar surface area (TPSA) is 26.3 Å². The molecule has 0 N–H and O–H groups in total. The number of hydrogen-bond acceptors (Lipinski definition) is 2. The van der Waals surface area contributed by atoms with Gasteiger partial charge in [-0.25, -0.2) is 0 Å². The molecule has 1 aromatic heterocycles. The Morgan fingerprint density at radius 1 is 0.742 bits per heavy atom. The molecular formula is C28H21O2S+. The lowest BCUT2D eigenvalue weighted by Gasteiger charge is -2.07. The van der Waals surface area contributed by atoms with Crippen LogP contribution in [0.1, 0.15) is 11.1 Å². The highest BCUT2D eigenvalue weighted by Crippen LogP contribution is 2.43. The van der Waals surface area contributed by atoms with E-state index in [0.29, 0.717) is 6.61 Å². The second-order valence-corrected chi connectivity index (χ2v) is 9.30. The van der Waals surface area contributed by atoms with Crippen LogP contribution in [-0.2, 0) is 6.61 Å². The predicted molar refractivity (Wildman–Crippen MR) is 132 cm³/mol. The summed E-state index contributed by atoms with van der Waals surface area (Å²) in [7, 11) is -0.316. The molecule has 0 unspecified atom stereocenters. The molecule has 0 saturated carbocycles. The lowest BCUT2D eigenvalue weighted by molar-refractivity contribution is 0.306. The molecule has 0 atom stereocenters. The van der Waals surface area contributed by atoms with E-state index in [1.807, 2.05) is 66.7 Å². The van der Waals surface area contributed by atoms with Crippen LogP contribution in [0, 0.1) is 0 Å². The molecule has 2 nitrogen and oxygen atoms in total. The Balaban J connectivity index is 1.51.